The number of likely N-dealkylation sites (N-methyl/N-ethyl adjacent to an activating group) is 3. The Bertz CT molecular complexity index is 3060. The molecule has 0 saturated heterocycles. The van der Waals surface area contributed by atoms with Crippen LogP contribution in [0.3, 0.4) is 0 Å². The summed E-state index contributed by atoms with van der Waals surface area (Å²) in [6, 6.07) is 0. The first kappa shape index (κ1) is 100. The summed E-state index contributed by atoms with van der Waals surface area (Å²) in [5.74, 6) is -168. The molecule has 0 aromatic rings. The molecule has 0 atom stereocenters. The van der Waals surface area contributed by atoms with Crippen LogP contribution in [0.5, 0.6) is 0 Å². The Morgan fingerprint density at radius 3 is 0.452 bits per heavy atom. The summed E-state index contributed by atoms with van der Waals surface area (Å²) >= 11 is 0. The van der Waals surface area contributed by atoms with Crippen molar-refractivity contribution in [1.82, 2.24) is 12.9 Å². The van der Waals surface area contributed by atoms with Crippen LogP contribution in [0.4, 0.5) is 224 Å². The largest absolute Gasteiger partial charge is 0.474 e. The molecule has 0 aliphatic carbocycles. The van der Waals surface area contributed by atoms with Gasteiger partial charge in [0, 0.05) is 39.3 Å². The Labute approximate surface area is 538 Å². The Hall–Kier alpha value is -3.73. The van der Waals surface area contributed by atoms with E-state index in [1.807, 2.05) is 0 Å². The first-order chi connectivity index (χ1) is 44.5. The van der Waals surface area contributed by atoms with Gasteiger partial charge in [-0.25, -0.2) is 29.8 Å². The summed E-state index contributed by atoms with van der Waals surface area (Å²) in [7, 11) is -33.3. The van der Waals surface area contributed by atoms with Crippen LogP contribution in [0, 0.1) is 0 Å². The number of alkyl halides is 51. The molecular formula is C36H27F51N3O10PS3. The van der Waals surface area contributed by atoms with E-state index in [1.165, 1.54) is 0 Å². The summed E-state index contributed by atoms with van der Waals surface area (Å²) in [6.07, 6.45) is -25.1. The van der Waals surface area contributed by atoms with Crippen molar-refractivity contribution < 1.29 is 267 Å². The van der Waals surface area contributed by atoms with Crippen LogP contribution in [0.25, 0.3) is 0 Å². The zero-order valence-corrected chi connectivity index (χ0v) is 51.1. The molecule has 104 heavy (non-hydrogen) atoms. The molecule has 0 bridgehead atoms. The molecule has 0 radical (unpaired) electrons. The van der Waals surface area contributed by atoms with E-state index >= 15 is 26.3 Å². The minimum absolute atomic E-state index is 0.231. The maximum atomic E-state index is 15.1. The molecule has 0 spiro atoms. The van der Waals surface area contributed by atoms with E-state index in [1.54, 1.807) is 0 Å². The second-order valence-electron chi connectivity index (χ2n) is 19.3. The number of nitrogens with zero attached hydrogens (tertiary/aromatic N) is 3. The highest BCUT2D eigenvalue weighted by Crippen LogP contribution is 2.69. The van der Waals surface area contributed by atoms with Crippen molar-refractivity contribution in [2.75, 3.05) is 59.1 Å². The second kappa shape index (κ2) is 27.9. The summed E-state index contributed by atoms with van der Waals surface area (Å²) in [6.45, 7) is -25.8. The summed E-state index contributed by atoms with van der Waals surface area (Å²) in [5, 5.41) is -25.9. The van der Waals surface area contributed by atoms with Gasteiger partial charge in [0.15, 0.2) is 0 Å². The lowest BCUT2D eigenvalue weighted by Gasteiger charge is -2.43. The molecule has 0 unspecified atom stereocenters. The van der Waals surface area contributed by atoms with Crippen molar-refractivity contribution in [2.45, 2.75) is 162 Å². The fraction of sp³-hybridized carbons (Fsp3) is 1.00. The van der Waals surface area contributed by atoms with Crippen molar-refractivity contribution in [2.24, 2.45) is 0 Å². The maximum Gasteiger partial charge on any atom is 0.474 e. The SMILES string of the molecule is CCN(CCOP(=O)(OCCN(CC)S(=O)(=O)C(F)(F)C(F)(F)C(F)(F)C(F)(F)C(F)(F)C(F)(F)C(F)(F)C(F)(F)F)OCCN(CC)S(=O)(=O)C(F)(F)C(F)(F)C(F)(F)C(F)(F)C(F)(F)C(F)(F)C(F)(F)C(F)(F)F)S(=O)(=O)C(F)(F)C(F)(F)C(F)(F)C(F)(F)C(F)(F)C(F)(F)C(F)(F)C(F)(F)F. The van der Waals surface area contributed by atoms with E-state index in [-0.39, 0.29) is 20.8 Å². The molecule has 0 saturated carbocycles. The maximum absolute atomic E-state index is 15.1. The van der Waals surface area contributed by atoms with Gasteiger partial charge < -0.3 is 0 Å². The van der Waals surface area contributed by atoms with E-state index in [9.17, 15) is 227 Å². The molecule has 0 aliphatic rings. The van der Waals surface area contributed by atoms with Crippen LogP contribution < -0.4 is 0 Å². The first-order valence-corrected chi connectivity index (χ1v) is 29.9. The number of halogens is 51. The van der Waals surface area contributed by atoms with Gasteiger partial charge in [-0.3, -0.25) is 13.6 Å². The Morgan fingerprint density at radius 1 is 0.221 bits per heavy atom. The number of rotatable bonds is 39. The molecular weight excluding hydrogens is 1730 g/mol. The molecule has 0 rings (SSSR count). The first-order valence-electron chi connectivity index (χ1n) is 24.2. The van der Waals surface area contributed by atoms with Crippen molar-refractivity contribution in [3.8, 4) is 0 Å². The van der Waals surface area contributed by atoms with Crippen molar-refractivity contribution >= 4 is 37.9 Å². The van der Waals surface area contributed by atoms with Crippen LogP contribution in [0.2, 0.25) is 0 Å². The quantitative estimate of drug-likeness (QED) is 0.0429. The number of sulfonamides is 3. The second-order valence-corrected chi connectivity index (χ2v) is 26.9. The van der Waals surface area contributed by atoms with Gasteiger partial charge in [0.2, 0.25) is 0 Å². The number of phosphoric acid groups is 1. The molecule has 0 N–H and O–H groups in total. The smallest absolute Gasteiger partial charge is 0.285 e. The normalized spacial score (nSPS) is 16.8. The third-order valence-corrected chi connectivity index (χ3v) is 20.5. The van der Waals surface area contributed by atoms with E-state index in [2.05, 4.69) is 13.6 Å². The lowest BCUT2D eigenvalue weighted by atomic mass is 9.91. The molecule has 68 heteroatoms. The van der Waals surface area contributed by atoms with Gasteiger partial charge in [-0.2, -0.15) is 237 Å². The van der Waals surface area contributed by atoms with Gasteiger partial charge in [-0.15, -0.1) is 0 Å². The highest BCUT2D eigenvalue weighted by atomic mass is 32.2. The lowest BCUT2D eigenvalue weighted by molar-refractivity contribution is -0.458. The molecule has 0 amide bonds. The van der Waals surface area contributed by atoms with Crippen molar-refractivity contribution in [1.29, 1.82) is 0 Å². The van der Waals surface area contributed by atoms with E-state index in [0.717, 1.165) is 0 Å². The van der Waals surface area contributed by atoms with Gasteiger partial charge in [0.1, 0.15) is 0 Å². The third kappa shape index (κ3) is 14.0. The standard InChI is InChI=1S/C36H27F51N3O10PS3/c1-4-88(102(92,93)34(82,83)28(67,68)22(55,56)16(43,44)13(37,38)19(49,50)25(61,62)31(73,74)75)7-10-98-101(91,99-11-8-89(5-2)103(94,95)35(84,85)29(69,70)23(57,58)17(45,46)14(39,40)20(51,52)26(63,64)32(76,77)78)100-12-9-90(6-3)104(96,97)36(86,87)30(71,72)24(59,60)18(47,48)15(41,42)21(53,54)27(65,66)33(79,80)81/h4-12H2,1-3H3. The number of hydrogen-bond acceptors (Lipinski definition) is 10. The molecule has 0 heterocycles. The van der Waals surface area contributed by atoms with Gasteiger partial charge in [-0.1, -0.05) is 20.8 Å². The van der Waals surface area contributed by atoms with Crippen molar-refractivity contribution in [3.63, 3.8) is 0 Å². The summed E-state index contributed by atoms with van der Waals surface area (Å²) in [4.78, 5) is 0. The van der Waals surface area contributed by atoms with Gasteiger partial charge >= 0.3 is 149 Å². The van der Waals surface area contributed by atoms with Crippen LogP contribution in [-0.2, 0) is 48.2 Å². The molecule has 0 aromatic carbocycles. The predicted molar refractivity (Wildman–Crippen MR) is 226 cm³/mol. The highest BCUT2D eigenvalue weighted by Gasteiger charge is 3.00. The molecule has 13 nitrogen and oxygen atoms in total. The highest BCUT2D eigenvalue weighted by molar-refractivity contribution is 7.90. The van der Waals surface area contributed by atoms with Crippen LogP contribution >= 0.6 is 7.82 Å². The van der Waals surface area contributed by atoms with E-state index in [0.29, 0.717) is 0 Å². The number of hydrogen-bond donors (Lipinski definition) is 0. The Kier molecular flexibility index (Phi) is 26.9. The van der Waals surface area contributed by atoms with Gasteiger partial charge in [0.25, 0.3) is 30.1 Å². The summed E-state index contributed by atoms with van der Waals surface area (Å²) < 4.78 is 804. The van der Waals surface area contributed by atoms with Crippen LogP contribution in [0.1, 0.15) is 20.8 Å². The van der Waals surface area contributed by atoms with E-state index in [4.69, 9.17) is 0 Å². The Morgan fingerprint density at radius 2 is 0.337 bits per heavy atom. The van der Waals surface area contributed by atoms with Gasteiger partial charge in [0.05, 0.1) is 19.8 Å². The van der Waals surface area contributed by atoms with E-state index < -0.39 is 251 Å². The predicted octanol–water partition coefficient (Wildman–Crippen LogP) is 16.0. The third-order valence-electron chi connectivity index (χ3n) is 12.9. The van der Waals surface area contributed by atoms with Crippen LogP contribution in [0.15, 0.2) is 0 Å². The molecule has 0 aliphatic heterocycles. The Balaban J connectivity index is 8.29. The topological polar surface area (TPSA) is 157 Å². The lowest BCUT2D eigenvalue weighted by Crippen LogP contribution is -2.75. The molecule has 626 valence electrons. The average Bonchev–Trinajstić information content (AvgIpc) is 0.699. The number of phosphoric ester groups is 1. The summed E-state index contributed by atoms with van der Waals surface area (Å²) in [5.41, 5.74) is 0. The van der Waals surface area contributed by atoms with Crippen LogP contribution in [-0.4, -0.2) is 238 Å². The van der Waals surface area contributed by atoms with Crippen molar-refractivity contribution in [3.05, 3.63) is 0 Å². The minimum Gasteiger partial charge on any atom is -0.285 e. The molecule has 0 aromatic heterocycles. The fourth-order valence-electron chi connectivity index (χ4n) is 6.64. The zero-order valence-electron chi connectivity index (χ0n) is 47.7. The zero-order chi connectivity index (χ0) is 85.2. The fourth-order valence-corrected chi connectivity index (χ4v) is 12.1. The molecule has 0 fully saturated rings. The average molecular weight is 1760 g/mol. The van der Waals surface area contributed by atoms with Gasteiger partial charge in [-0.05, 0) is 0 Å². The monoisotopic (exact) mass is 1760 g/mol. The minimum atomic E-state index is -9.58.